The number of hydrogen-bond acceptors (Lipinski definition) is 3. The Morgan fingerprint density at radius 1 is 1.36 bits per heavy atom. The van der Waals surface area contributed by atoms with Crippen molar-refractivity contribution in [3.63, 3.8) is 0 Å². The van der Waals surface area contributed by atoms with Crippen molar-refractivity contribution >= 4 is 11.6 Å². The number of nitrogens with zero attached hydrogens (tertiary/aromatic N) is 3. The molecule has 1 aliphatic rings. The highest BCUT2D eigenvalue weighted by molar-refractivity contribution is 6.04. The minimum Gasteiger partial charge on any atom is -0.493 e. The molecule has 1 aromatic carbocycles. The molecule has 0 N–H and O–H groups in total. The highest BCUT2D eigenvalue weighted by atomic mass is 16.5. The van der Waals surface area contributed by atoms with Crippen LogP contribution in [0, 0.1) is 0 Å². The summed E-state index contributed by atoms with van der Waals surface area (Å²) in [4.78, 5) is 14.4. The standard InChI is InChI=1S/C17H21N3O2/c1-11(2)14-10-15(20(4)18-14)17(21)19(3)13-5-6-16-12(9-13)7-8-22-16/h5-6,9-11H,7-8H2,1-4H3. The van der Waals surface area contributed by atoms with Crippen molar-refractivity contribution in [3.8, 4) is 5.75 Å². The summed E-state index contributed by atoms with van der Waals surface area (Å²) in [6.45, 7) is 4.86. The van der Waals surface area contributed by atoms with Crippen molar-refractivity contribution in [1.82, 2.24) is 9.78 Å². The van der Waals surface area contributed by atoms with Gasteiger partial charge in [-0.05, 0) is 35.7 Å². The molecule has 2 heterocycles. The van der Waals surface area contributed by atoms with Crippen molar-refractivity contribution in [2.45, 2.75) is 26.2 Å². The first-order chi connectivity index (χ1) is 10.5. The van der Waals surface area contributed by atoms with E-state index in [0.29, 0.717) is 11.6 Å². The van der Waals surface area contributed by atoms with Crippen LogP contribution >= 0.6 is 0 Å². The third-order valence-electron chi connectivity index (χ3n) is 4.07. The van der Waals surface area contributed by atoms with Crippen LogP contribution < -0.4 is 9.64 Å². The molecule has 5 heteroatoms. The van der Waals surface area contributed by atoms with Gasteiger partial charge in [-0.3, -0.25) is 9.48 Å². The van der Waals surface area contributed by atoms with Gasteiger partial charge in [0.05, 0.1) is 12.3 Å². The van der Waals surface area contributed by atoms with Gasteiger partial charge in [-0.1, -0.05) is 13.8 Å². The average molecular weight is 299 g/mol. The summed E-state index contributed by atoms with van der Waals surface area (Å²) in [6, 6.07) is 7.76. The first kappa shape index (κ1) is 14.6. The molecule has 0 atom stereocenters. The van der Waals surface area contributed by atoms with E-state index in [0.717, 1.165) is 35.7 Å². The number of amides is 1. The molecule has 2 aromatic rings. The second-order valence-corrected chi connectivity index (χ2v) is 5.99. The van der Waals surface area contributed by atoms with E-state index in [9.17, 15) is 4.79 Å². The maximum atomic E-state index is 12.7. The number of aromatic nitrogens is 2. The summed E-state index contributed by atoms with van der Waals surface area (Å²) in [6.07, 6.45) is 0.897. The van der Waals surface area contributed by atoms with Crippen LogP contribution in [0.25, 0.3) is 0 Å². The van der Waals surface area contributed by atoms with Crippen LogP contribution in [0.5, 0.6) is 5.75 Å². The lowest BCUT2D eigenvalue weighted by molar-refractivity contribution is 0.0984. The largest absolute Gasteiger partial charge is 0.493 e. The maximum absolute atomic E-state index is 12.7. The fraction of sp³-hybridized carbons (Fsp3) is 0.412. The number of ether oxygens (including phenoxy) is 1. The van der Waals surface area contributed by atoms with Crippen molar-refractivity contribution in [2.24, 2.45) is 7.05 Å². The van der Waals surface area contributed by atoms with Crippen LogP contribution in [0.3, 0.4) is 0 Å². The summed E-state index contributed by atoms with van der Waals surface area (Å²) in [5.74, 6) is 1.17. The predicted octanol–water partition coefficient (Wildman–Crippen LogP) is 2.76. The predicted molar refractivity (Wildman–Crippen MR) is 85.7 cm³/mol. The normalized spacial score (nSPS) is 13.1. The Hall–Kier alpha value is -2.30. The zero-order valence-electron chi connectivity index (χ0n) is 13.5. The first-order valence-electron chi connectivity index (χ1n) is 7.55. The zero-order valence-corrected chi connectivity index (χ0v) is 13.5. The average Bonchev–Trinajstić information content (AvgIpc) is 3.11. The lowest BCUT2D eigenvalue weighted by Crippen LogP contribution is -2.28. The SMILES string of the molecule is CC(C)c1cc(C(=O)N(C)c2ccc3c(c2)CCO3)n(C)n1. The van der Waals surface area contributed by atoms with E-state index in [-0.39, 0.29) is 5.91 Å². The van der Waals surface area contributed by atoms with Gasteiger partial charge in [0.1, 0.15) is 11.4 Å². The molecule has 0 saturated heterocycles. The van der Waals surface area contributed by atoms with Crippen molar-refractivity contribution in [3.05, 3.63) is 41.2 Å². The second-order valence-electron chi connectivity index (χ2n) is 5.99. The molecule has 0 aliphatic carbocycles. The number of anilines is 1. The van der Waals surface area contributed by atoms with E-state index in [1.54, 1.807) is 16.6 Å². The van der Waals surface area contributed by atoms with Gasteiger partial charge in [0.2, 0.25) is 0 Å². The quantitative estimate of drug-likeness (QED) is 0.875. The Labute approximate surface area is 130 Å². The maximum Gasteiger partial charge on any atom is 0.276 e. The van der Waals surface area contributed by atoms with Crippen LogP contribution in [-0.4, -0.2) is 29.3 Å². The van der Waals surface area contributed by atoms with Gasteiger partial charge in [-0.2, -0.15) is 5.10 Å². The fourth-order valence-corrected chi connectivity index (χ4v) is 2.64. The molecular weight excluding hydrogens is 278 g/mol. The smallest absolute Gasteiger partial charge is 0.276 e. The molecule has 22 heavy (non-hydrogen) atoms. The van der Waals surface area contributed by atoms with Gasteiger partial charge >= 0.3 is 0 Å². The Morgan fingerprint density at radius 2 is 2.14 bits per heavy atom. The molecule has 0 unspecified atom stereocenters. The van der Waals surface area contributed by atoms with E-state index in [1.165, 1.54) is 0 Å². The molecule has 0 saturated carbocycles. The molecule has 3 rings (SSSR count). The van der Waals surface area contributed by atoms with Crippen molar-refractivity contribution in [1.29, 1.82) is 0 Å². The summed E-state index contributed by atoms with van der Waals surface area (Å²) in [7, 11) is 3.60. The van der Waals surface area contributed by atoms with Gasteiger partial charge in [0.25, 0.3) is 5.91 Å². The minimum atomic E-state index is -0.0548. The second kappa shape index (κ2) is 5.48. The number of fused-ring (bicyclic) bond motifs is 1. The monoisotopic (exact) mass is 299 g/mol. The molecule has 1 amide bonds. The number of aryl methyl sites for hydroxylation is 1. The minimum absolute atomic E-state index is 0.0548. The highest BCUT2D eigenvalue weighted by Crippen LogP contribution is 2.29. The molecule has 0 bridgehead atoms. The lowest BCUT2D eigenvalue weighted by Gasteiger charge is -2.18. The number of rotatable bonds is 3. The molecule has 0 radical (unpaired) electrons. The van der Waals surface area contributed by atoms with E-state index >= 15 is 0 Å². The third kappa shape index (κ3) is 2.47. The molecule has 116 valence electrons. The molecular formula is C17H21N3O2. The van der Waals surface area contributed by atoms with Gasteiger partial charge in [0, 0.05) is 26.2 Å². The Kier molecular flexibility index (Phi) is 3.64. The van der Waals surface area contributed by atoms with Crippen LogP contribution in [0.4, 0.5) is 5.69 Å². The van der Waals surface area contributed by atoms with Gasteiger partial charge in [-0.15, -0.1) is 0 Å². The molecule has 1 aliphatic heterocycles. The summed E-state index contributed by atoms with van der Waals surface area (Å²) < 4.78 is 7.17. The van der Waals surface area contributed by atoms with Gasteiger partial charge < -0.3 is 9.64 Å². The van der Waals surface area contributed by atoms with Gasteiger partial charge in [-0.25, -0.2) is 0 Å². The van der Waals surface area contributed by atoms with Crippen LogP contribution in [-0.2, 0) is 13.5 Å². The Morgan fingerprint density at radius 3 is 2.82 bits per heavy atom. The summed E-state index contributed by atoms with van der Waals surface area (Å²) in [5.41, 5.74) is 3.57. The van der Waals surface area contributed by atoms with Crippen LogP contribution in [0.1, 0.15) is 41.5 Å². The van der Waals surface area contributed by atoms with E-state index in [2.05, 4.69) is 18.9 Å². The third-order valence-corrected chi connectivity index (χ3v) is 4.07. The molecule has 0 spiro atoms. The Bertz CT molecular complexity index is 719. The van der Waals surface area contributed by atoms with Gasteiger partial charge in [0.15, 0.2) is 0 Å². The number of carbonyl (C=O) groups excluding carboxylic acids is 1. The number of hydrogen-bond donors (Lipinski definition) is 0. The van der Waals surface area contributed by atoms with E-state index < -0.39 is 0 Å². The zero-order chi connectivity index (χ0) is 15.9. The number of benzene rings is 1. The summed E-state index contributed by atoms with van der Waals surface area (Å²) in [5, 5.41) is 4.41. The topological polar surface area (TPSA) is 47.4 Å². The summed E-state index contributed by atoms with van der Waals surface area (Å²) >= 11 is 0. The van der Waals surface area contributed by atoms with Crippen LogP contribution in [0.2, 0.25) is 0 Å². The molecule has 0 fully saturated rings. The first-order valence-corrected chi connectivity index (χ1v) is 7.55. The highest BCUT2D eigenvalue weighted by Gasteiger charge is 2.21. The Balaban J connectivity index is 1.88. The van der Waals surface area contributed by atoms with Crippen LogP contribution in [0.15, 0.2) is 24.3 Å². The van der Waals surface area contributed by atoms with E-state index in [4.69, 9.17) is 4.74 Å². The lowest BCUT2D eigenvalue weighted by atomic mass is 10.1. The molecule has 1 aromatic heterocycles. The molecule has 5 nitrogen and oxygen atoms in total. The fourth-order valence-electron chi connectivity index (χ4n) is 2.64. The van der Waals surface area contributed by atoms with Crippen molar-refractivity contribution < 1.29 is 9.53 Å². The van der Waals surface area contributed by atoms with Crippen molar-refractivity contribution in [2.75, 3.05) is 18.6 Å². The number of carbonyl (C=O) groups is 1. The van der Waals surface area contributed by atoms with E-state index in [1.807, 2.05) is 31.3 Å².